The van der Waals surface area contributed by atoms with E-state index in [1.165, 1.54) is 4.31 Å². The number of amides is 2. The van der Waals surface area contributed by atoms with Crippen LogP contribution in [0.1, 0.15) is 31.1 Å². The molecule has 1 unspecified atom stereocenters. The zero-order valence-corrected chi connectivity index (χ0v) is 18.5. The van der Waals surface area contributed by atoms with Crippen molar-refractivity contribution in [3.05, 3.63) is 29.8 Å². The average Bonchev–Trinajstić information content (AvgIpc) is 2.72. The summed E-state index contributed by atoms with van der Waals surface area (Å²) in [6.45, 7) is 7.39. The summed E-state index contributed by atoms with van der Waals surface area (Å²) in [7, 11) is -3.46. The van der Waals surface area contributed by atoms with E-state index >= 15 is 0 Å². The van der Waals surface area contributed by atoms with E-state index in [0.717, 1.165) is 0 Å². The van der Waals surface area contributed by atoms with Crippen molar-refractivity contribution >= 4 is 21.8 Å². The first-order valence-electron chi connectivity index (χ1n) is 10.1. The summed E-state index contributed by atoms with van der Waals surface area (Å²) in [5, 5.41) is 5.36. The zero-order valence-electron chi connectivity index (χ0n) is 17.7. The van der Waals surface area contributed by atoms with Crippen LogP contribution in [0.3, 0.4) is 0 Å². The number of rotatable bonds is 10. The lowest BCUT2D eigenvalue weighted by Gasteiger charge is -2.26. The molecule has 1 heterocycles. The Labute approximate surface area is 178 Å². The second-order valence-corrected chi connectivity index (χ2v) is 9.36. The van der Waals surface area contributed by atoms with Crippen molar-refractivity contribution in [2.45, 2.75) is 26.8 Å². The number of carbonyl (C=O) groups excluding carboxylic acids is 2. The number of nitrogens with one attached hydrogen (secondary N) is 2. The minimum absolute atomic E-state index is 0.0271. The standard InChI is InChI=1S/C20H31N3O6S/c1-4-29-17-7-5-16(6-8-17)19(24)22-18(15(2)3)20(25)21-9-14-30(26,27)23-10-12-28-13-11-23/h5-8,15,18H,4,9-14H2,1-3H3,(H,21,25)(H,22,24). The highest BCUT2D eigenvalue weighted by atomic mass is 32.2. The van der Waals surface area contributed by atoms with Gasteiger partial charge in [-0.2, -0.15) is 4.31 Å². The summed E-state index contributed by atoms with van der Waals surface area (Å²) in [5.41, 5.74) is 0.409. The van der Waals surface area contributed by atoms with Gasteiger partial charge in [0.1, 0.15) is 11.8 Å². The Morgan fingerprint density at radius 3 is 2.37 bits per heavy atom. The van der Waals surface area contributed by atoms with E-state index in [4.69, 9.17) is 9.47 Å². The fourth-order valence-electron chi connectivity index (χ4n) is 3.00. The highest BCUT2D eigenvalue weighted by Crippen LogP contribution is 2.13. The fourth-order valence-corrected chi connectivity index (χ4v) is 4.32. The molecule has 30 heavy (non-hydrogen) atoms. The average molecular weight is 442 g/mol. The van der Waals surface area contributed by atoms with Crippen LogP contribution in [0, 0.1) is 5.92 Å². The number of benzene rings is 1. The van der Waals surface area contributed by atoms with E-state index in [1.54, 1.807) is 24.3 Å². The van der Waals surface area contributed by atoms with Gasteiger partial charge in [-0.3, -0.25) is 9.59 Å². The van der Waals surface area contributed by atoms with Crippen molar-refractivity contribution in [3.8, 4) is 5.75 Å². The molecule has 1 aromatic carbocycles. The number of ether oxygens (including phenoxy) is 2. The molecule has 10 heteroatoms. The molecule has 0 aliphatic carbocycles. The first kappa shape index (κ1) is 24.1. The maximum atomic E-state index is 12.6. The molecule has 2 amide bonds. The summed E-state index contributed by atoms with van der Waals surface area (Å²) >= 11 is 0. The third-order valence-corrected chi connectivity index (χ3v) is 6.56. The van der Waals surface area contributed by atoms with Gasteiger partial charge in [-0.1, -0.05) is 13.8 Å². The fraction of sp³-hybridized carbons (Fsp3) is 0.600. The van der Waals surface area contributed by atoms with Crippen molar-refractivity contribution in [1.82, 2.24) is 14.9 Å². The lowest BCUT2D eigenvalue weighted by Crippen LogP contribution is -2.51. The largest absolute Gasteiger partial charge is 0.494 e. The maximum absolute atomic E-state index is 12.6. The Bertz CT molecular complexity index is 804. The van der Waals surface area contributed by atoms with Crippen LogP contribution in [-0.2, 0) is 19.6 Å². The van der Waals surface area contributed by atoms with Crippen molar-refractivity contribution in [1.29, 1.82) is 0 Å². The molecule has 0 radical (unpaired) electrons. The van der Waals surface area contributed by atoms with E-state index in [-0.39, 0.29) is 24.1 Å². The van der Waals surface area contributed by atoms with Gasteiger partial charge in [0.05, 0.1) is 25.6 Å². The van der Waals surface area contributed by atoms with Gasteiger partial charge in [-0.15, -0.1) is 0 Å². The number of sulfonamides is 1. The first-order chi connectivity index (χ1) is 14.2. The molecule has 9 nitrogen and oxygen atoms in total. The Hall–Kier alpha value is -2.17. The molecule has 168 valence electrons. The van der Waals surface area contributed by atoms with Gasteiger partial charge >= 0.3 is 0 Å². The van der Waals surface area contributed by atoms with Crippen LogP contribution in [0.2, 0.25) is 0 Å². The minimum atomic E-state index is -3.46. The monoisotopic (exact) mass is 441 g/mol. The predicted octanol–water partition coefficient (Wildman–Crippen LogP) is 0.618. The predicted molar refractivity (Wildman–Crippen MR) is 113 cm³/mol. The molecule has 0 aromatic heterocycles. The number of hydrogen-bond donors (Lipinski definition) is 2. The van der Waals surface area contributed by atoms with Crippen molar-refractivity contribution < 1.29 is 27.5 Å². The van der Waals surface area contributed by atoms with Gasteiger partial charge < -0.3 is 20.1 Å². The lowest BCUT2D eigenvalue weighted by atomic mass is 10.0. The summed E-state index contributed by atoms with van der Waals surface area (Å²) in [6.07, 6.45) is 0. The summed E-state index contributed by atoms with van der Waals surface area (Å²) in [5.74, 6) is -0.508. The smallest absolute Gasteiger partial charge is 0.251 e. The normalized spacial score (nSPS) is 16.1. The molecular formula is C20H31N3O6S. The number of carbonyl (C=O) groups is 2. The van der Waals surface area contributed by atoms with Gasteiger partial charge in [-0.05, 0) is 37.1 Å². The van der Waals surface area contributed by atoms with Crippen LogP contribution in [0.25, 0.3) is 0 Å². The second-order valence-electron chi connectivity index (χ2n) is 7.27. The molecule has 1 aliphatic rings. The lowest BCUT2D eigenvalue weighted by molar-refractivity contribution is -0.123. The summed E-state index contributed by atoms with van der Waals surface area (Å²) in [6, 6.07) is 5.86. The number of morpholine rings is 1. The number of nitrogens with zero attached hydrogens (tertiary/aromatic N) is 1. The van der Waals surface area contributed by atoms with Gasteiger partial charge in [0.25, 0.3) is 5.91 Å². The molecule has 0 spiro atoms. The van der Waals surface area contributed by atoms with Gasteiger partial charge in [0.15, 0.2) is 0 Å². The first-order valence-corrected chi connectivity index (χ1v) is 11.7. The third kappa shape index (κ3) is 6.96. The highest BCUT2D eigenvalue weighted by molar-refractivity contribution is 7.89. The Kier molecular flexibility index (Phi) is 9.07. The number of hydrogen-bond acceptors (Lipinski definition) is 6. The van der Waals surface area contributed by atoms with E-state index < -0.39 is 22.0 Å². The Morgan fingerprint density at radius 1 is 1.17 bits per heavy atom. The molecule has 0 saturated carbocycles. The molecule has 1 saturated heterocycles. The molecule has 2 rings (SSSR count). The minimum Gasteiger partial charge on any atom is -0.494 e. The van der Waals surface area contributed by atoms with E-state index in [2.05, 4.69) is 10.6 Å². The molecule has 1 aromatic rings. The maximum Gasteiger partial charge on any atom is 0.251 e. The van der Waals surface area contributed by atoms with Gasteiger partial charge in [0, 0.05) is 25.2 Å². The molecule has 1 atom stereocenters. The van der Waals surface area contributed by atoms with Crippen LogP contribution in [-0.4, -0.2) is 75.8 Å². The van der Waals surface area contributed by atoms with Crippen LogP contribution in [0.4, 0.5) is 0 Å². The molecule has 2 N–H and O–H groups in total. The molecule has 1 fully saturated rings. The Morgan fingerprint density at radius 2 is 1.80 bits per heavy atom. The third-order valence-electron chi connectivity index (χ3n) is 4.69. The Balaban J connectivity index is 1.90. The van der Waals surface area contributed by atoms with E-state index in [9.17, 15) is 18.0 Å². The summed E-state index contributed by atoms with van der Waals surface area (Å²) in [4.78, 5) is 25.1. The van der Waals surface area contributed by atoms with Crippen LogP contribution >= 0.6 is 0 Å². The zero-order chi connectivity index (χ0) is 22.1. The van der Waals surface area contributed by atoms with Gasteiger partial charge in [0.2, 0.25) is 15.9 Å². The summed E-state index contributed by atoms with van der Waals surface area (Å²) < 4.78 is 36.6. The second kappa shape index (κ2) is 11.3. The molecule has 1 aliphatic heterocycles. The quantitative estimate of drug-likeness (QED) is 0.550. The highest BCUT2D eigenvalue weighted by Gasteiger charge is 2.27. The van der Waals surface area contributed by atoms with E-state index in [0.29, 0.717) is 44.2 Å². The molecule has 0 bridgehead atoms. The topological polar surface area (TPSA) is 114 Å². The van der Waals surface area contributed by atoms with Crippen molar-refractivity contribution in [3.63, 3.8) is 0 Å². The van der Waals surface area contributed by atoms with Crippen LogP contribution < -0.4 is 15.4 Å². The van der Waals surface area contributed by atoms with Crippen LogP contribution in [0.5, 0.6) is 5.75 Å². The molecular weight excluding hydrogens is 410 g/mol. The van der Waals surface area contributed by atoms with Crippen LogP contribution in [0.15, 0.2) is 24.3 Å². The SMILES string of the molecule is CCOc1ccc(C(=O)NC(C(=O)NCCS(=O)(=O)N2CCOCC2)C(C)C)cc1. The van der Waals surface area contributed by atoms with Crippen molar-refractivity contribution in [2.24, 2.45) is 5.92 Å². The van der Waals surface area contributed by atoms with Gasteiger partial charge in [-0.25, -0.2) is 8.42 Å². The van der Waals surface area contributed by atoms with E-state index in [1.807, 2.05) is 20.8 Å². The van der Waals surface area contributed by atoms with Crippen molar-refractivity contribution in [2.75, 3.05) is 45.2 Å².